The van der Waals surface area contributed by atoms with Crippen molar-refractivity contribution in [3.63, 3.8) is 0 Å². The van der Waals surface area contributed by atoms with E-state index in [9.17, 15) is 0 Å². The first-order valence-electron chi connectivity index (χ1n) is 7.37. The highest BCUT2D eigenvalue weighted by molar-refractivity contribution is 7.98. The summed E-state index contributed by atoms with van der Waals surface area (Å²) in [7, 11) is 1.73. The van der Waals surface area contributed by atoms with Gasteiger partial charge in [-0.15, -0.1) is 0 Å². The van der Waals surface area contributed by atoms with Crippen molar-refractivity contribution in [2.24, 2.45) is 11.7 Å². The molecule has 6 heteroatoms. The largest absolute Gasteiger partial charge is 0.373 e. The summed E-state index contributed by atoms with van der Waals surface area (Å²) in [5, 5.41) is 4.09. The average Bonchev–Trinajstić information content (AvgIpc) is 2.96. The lowest BCUT2D eigenvalue weighted by molar-refractivity contribution is 0.0273. The molecule has 1 aromatic heterocycles. The van der Waals surface area contributed by atoms with E-state index in [2.05, 4.69) is 16.4 Å². The molecule has 2 atom stereocenters. The normalized spacial score (nSPS) is 19.9. The van der Waals surface area contributed by atoms with Crippen LogP contribution in [0.1, 0.15) is 62.4 Å². The SMILES string of the molecule is COC(c1noc(C(N)CCSC)n1)C1CCCCC1. The fourth-order valence-electron chi connectivity index (χ4n) is 2.83. The molecule has 1 heterocycles. The Kier molecular flexibility index (Phi) is 6.32. The van der Waals surface area contributed by atoms with Crippen molar-refractivity contribution in [2.75, 3.05) is 19.1 Å². The fourth-order valence-corrected chi connectivity index (χ4v) is 3.32. The summed E-state index contributed by atoms with van der Waals surface area (Å²) in [5.41, 5.74) is 6.06. The van der Waals surface area contributed by atoms with E-state index in [1.807, 2.05) is 0 Å². The standard InChI is InChI=1S/C14H25N3O2S/c1-18-12(10-6-4-3-5-7-10)13-16-14(19-17-13)11(15)8-9-20-2/h10-12H,3-9,15H2,1-2H3. The van der Waals surface area contributed by atoms with E-state index in [0.29, 0.717) is 17.6 Å². The molecule has 1 fully saturated rings. The van der Waals surface area contributed by atoms with Crippen molar-refractivity contribution in [1.82, 2.24) is 10.1 Å². The van der Waals surface area contributed by atoms with E-state index < -0.39 is 0 Å². The van der Waals surface area contributed by atoms with Crippen LogP contribution in [0.15, 0.2) is 4.52 Å². The summed E-state index contributed by atoms with van der Waals surface area (Å²) < 4.78 is 10.9. The van der Waals surface area contributed by atoms with Crippen LogP contribution in [0, 0.1) is 5.92 Å². The maximum absolute atomic E-state index is 6.06. The highest BCUT2D eigenvalue weighted by Gasteiger charge is 2.29. The minimum absolute atomic E-state index is 0.0550. The second-order valence-electron chi connectivity index (χ2n) is 5.43. The molecule has 2 rings (SSSR count). The fraction of sp³-hybridized carbons (Fsp3) is 0.857. The van der Waals surface area contributed by atoms with Crippen LogP contribution in [0.5, 0.6) is 0 Å². The van der Waals surface area contributed by atoms with Gasteiger partial charge in [-0.05, 0) is 37.2 Å². The van der Waals surface area contributed by atoms with Crippen molar-refractivity contribution in [1.29, 1.82) is 0 Å². The van der Waals surface area contributed by atoms with E-state index in [1.165, 1.54) is 32.1 Å². The smallest absolute Gasteiger partial charge is 0.243 e. The minimum Gasteiger partial charge on any atom is -0.373 e. The summed E-state index contributed by atoms with van der Waals surface area (Å²) in [6, 6.07) is -0.174. The first-order chi connectivity index (χ1) is 9.76. The molecule has 0 spiro atoms. The Morgan fingerprint density at radius 2 is 2.15 bits per heavy atom. The third kappa shape index (κ3) is 3.96. The number of nitrogens with two attached hydrogens (primary N) is 1. The Hall–Kier alpha value is -0.590. The topological polar surface area (TPSA) is 74.2 Å². The molecule has 1 aliphatic rings. The van der Waals surface area contributed by atoms with Crippen LogP contribution in [-0.2, 0) is 4.74 Å². The zero-order valence-electron chi connectivity index (χ0n) is 12.4. The molecule has 5 nitrogen and oxygen atoms in total. The van der Waals surface area contributed by atoms with E-state index in [1.54, 1.807) is 18.9 Å². The minimum atomic E-state index is -0.174. The molecule has 0 radical (unpaired) electrons. The second-order valence-corrected chi connectivity index (χ2v) is 6.42. The summed E-state index contributed by atoms with van der Waals surface area (Å²) in [6.07, 6.45) is 9.08. The average molecular weight is 299 g/mol. The van der Waals surface area contributed by atoms with Gasteiger partial charge < -0.3 is 15.0 Å². The molecule has 1 saturated carbocycles. The molecule has 0 aliphatic heterocycles. The Morgan fingerprint density at radius 3 is 2.80 bits per heavy atom. The van der Waals surface area contributed by atoms with Gasteiger partial charge in [0.15, 0.2) is 0 Å². The molecule has 0 amide bonds. The number of rotatable bonds is 7. The van der Waals surface area contributed by atoms with Gasteiger partial charge in [0.1, 0.15) is 6.10 Å². The van der Waals surface area contributed by atoms with Gasteiger partial charge in [-0.3, -0.25) is 0 Å². The second kappa shape index (κ2) is 8.00. The Morgan fingerprint density at radius 1 is 1.40 bits per heavy atom. The third-order valence-corrected chi connectivity index (χ3v) is 4.64. The molecule has 1 aliphatic carbocycles. The highest BCUT2D eigenvalue weighted by atomic mass is 32.2. The van der Waals surface area contributed by atoms with Crippen LogP contribution in [0.25, 0.3) is 0 Å². The molecule has 2 N–H and O–H groups in total. The summed E-state index contributed by atoms with van der Waals surface area (Å²) in [5.74, 6) is 2.69. The van der Waals surface area contributed by atoms with Gasteiger partial charge in [0.2, 0.25) is 11.7 Å². The highest BCUT2D eigenvalue weighted by Crippen LogP contribution is 2.35. The van der Waals surface area contributed by atoms with E-state index in [-0.39, 0.29) is 12.1 Å². The van der Waals surface area contributed by atoms with Gasteiger partial charge in [-0.25, -0.2) is 0 Å². The first kappa shape index (κ1) is 15.8. The summed E-state index contributed by atoms with van der Waals surface area (Å²) >= 11 is 1.77. The van der Waals surface area contributed by atoms with Crippen molar-refractivity contribution in [3.8, 4) is 0 Å². The summed E-state index contributed by atoms with van der Waals surface area (Å²) in [4.78, 5) is 4.47. The number of thioether (sulfide) groups is 1. The van der Waals surface area contributed by atoms with Crippen LogP contribution in [-0.4, -0.2) is 29.3 Å². The molecule has 0 saturated heterocycles. The molecule has 114 valence electrons. The van der Waals surface area contributed by atoms with Crippen molar-refractivity contribution < 1.29 is 9.26 Å². The predicted molar refractivity (Wildman–Crippen MR) is 80.6 cm³/mol. The number of aromatic nitrogens is 2. The Bertz CT molecular complexity index is 394. The van der Waals surface area contributed by atoms with E-state index in [4.69, 9.17) is 15.0 Å². The van der Waals surface area contributed by atoms with E-state index >= 15 is 0 Å². The van der Waals surface area contributed by atoms with Gasteiger partial charge >= 0.3 is 0 Å². The van der Waals surface area contributed by atoms with Crippen LogP contribution in [0.4, 0.5) is 0 Å². The van der Waals surface area contributed by atoms with Gasteiger partial charge in [-0.2, -0.15) is 16.7 Å². The third-order valence-electron chi connectivity index (χ3n) is 3.99. The lowest BCUT2D eigenvalue weighted by Gasteiger charge is -2.26. The molecule has 1 aromatic rings. The van der Waals surface area contributed by atoms with Crippen molar-refractivity contribution in [2.45, 2.75) is 50.7 Å². The maximum Gasteiger partial charge on any atom is 0.243 e. The molecule has 0 bridgehead atoms. The van der Waals surface area contributed by atoms with Gasteiger partial charge in [0.05, 0.1) is 6.04 Å². The van der Waals surface area contributed by atoms with Gasteiger partial charge in [0.25, 0.3) is 0 Å². The number of ether oxygens (including phenoxy) is 1. The molecule has 2 unspecified atom stereocenters. The molecular weight excluding hydrogens is 274 g/mol. The Labute approximate surface area is 125 Å². The monoisotopic (exact) mass is 299 g/mol. The Balaban J connectivity index is 2.01. The van der Waals surface area contributed by atoms with Crippen molar-refractivity contribution in [3.05, 3.63) is 11.7 Å². The van der Waals surface area contributed by atoms with Crippen LogP contribution >= 0.6 is 11.8 Å². The zero-order chi connectivity index (χ0) is 14.4. The first-order valence-corrected chi connectivity index (χ1v) is 8.76. The number of hydrogen-bond donors (Lipinski definition) is 1. The lowest BCUT2D eigenvalue weighted by atomic mass is 9.85. The van der Waals surface area contributed by atoms with Crippen molar-refractivity contribution >= 4 is 11.8 Å². The maximum atomic E-state index is 6.06. The quantitative estimate of drug-likeness (QED) is 0.834. The molecule has 0 aromatic carbocycles. The molecular formula is C14H25N3O2S. The number of methoxy groups -OCH3 is 1. The van der Waals surface area contributed by atoms with Crippen LogP contribution in [0.3, 0.4) is 0 Å². The summed E-state index contributed by atoms with van der Waals surface area (Å²) in [6.45, 7) is 0. The predicted octanol–water partition coefficient (Wildman–Crippen LogP) is 3.09. The number of hydrogen-bond acceptors (Lipinski definition) is 6. The lowest BCUT2D eigenvalue weighted by Crippen LogP contribution is -2.19. The zero-order valence-corrected chi connectivity index (χ0v) is 13.2. The van der Waals surface area contributed by atoms with Crippen LogP contribution in [0.2, 0.25) is 0 Å². The number of nitrogens with zero attached hydrogens (tertiary/aromatic N) is 2. The van der Waals surface area contributed by atoms with E-state index in [0.717, 1.165) is 12.2 Å². The molecule has 20 heavy (non-hydrogen) atoms. The van der Waals surface area contributed by atoms with Gasteiger partial charge in [-0.1, -0.05) is 24.4 Å². The van der Waals surface area contributed by atoms with Crippen LogP contribution < -0.4 is 5.73 Å². The van der Waals surface area contributed by atoms with Gasteiger partial charge in [0, 0.05) is 7.11 Å².